The van der Waals surface area contributed by atoms with Gasteiger partial charge in [-0.3, -0.25) is 19.2 Å². The summed E-state index contributed by atoms with van der Waals surface area (Å²) in [5, 5.41) is 28.6. The zero-order valence-electron chi connectivity index (χ0n) is 83.3. The molecule has 22 nitrogen and oxygen atoms in total. The Morgan fingerprint density at radius 2 is 0.650 bits per heavy atom. The molecule has 0 unspecified atom stereocenters. The smallest absolute Gasteiger partial charge is 0.519 e. The number of thioether (sulfide) groups is 1. The van der Waals surface area contributed by atoms with Crippen LogP contribution in [0, 0.1) is 68.2 Å². The maximum Gasteiger partial charge on any atom is 1.00 e. The van der Waals surface area contributed by atoms with E-state index in [1.165, 1.54) is 35.6 Å². The third-order valence-electron chi connectivity index (χ3n) is 17.7. The van der Waals surface area contributed by atoms with Crippen molar-refractivity contribution in [3.63, 3.8) is 0 Å². The van der Waals surface area contributed by atoms with E-state index in [1.54, 1.807) is 127 Å². The van der Waals surface area contributed by atoms with E-state index in [-0.39, 0.29) is 325 Å². The van der Waals surface area contributed by atoms with E-state index in [2.05, 4.69) is 255 Å². The molecule has 0 aliphatic rings. The molecular weight excluding hydrogens is 1870 g/mol. The van der Waals surface area contributed by atoms with Crippen molar-refractivity contribution in [1.82, 2.24) is 25.8 Å². The van der Waals surface area contributed by atoms with Gasteiger partial charge in [-0.15, -0.1) is 103 Å². The van der Waals surface area contributed by atoms with Crippen molar-refractivity contribution < 1.29 is 318 Å². The average Bonchev–Trinajstić information content (AvgIpc) is 1.82. The van der Waals surface area contributed by atoms with E-state index < -0.39 is 0 Å². The zero-order valence-corrected chi connectivity index (χ0v) is 99.8. The number of carbonyl (C=O) groups is 5. The number of aromatic nitrogens is 5. The minimum atomic E-state index is -0.342. The molecule has 5 aromatic heterocycles. The Morgan fingerprint density at radius 3 is 0.971 bits per heavy atom. The first-order valence-electron chi connectivity index (χ1n) is 42.5. The Hall–Kier alpha value is -6.27. The van der Waals surface area contributed by atoms with Crippen LogP contribution < -0.4 is 288 Å². The van der Waals surface area contributed by atoms with E-state index in [9.17, 15) is 24.0 Å². The molecule has 10 aromatic carbocycles. The number of aryl methyl sites for hydroxylation is 2. The van der Waals surface area contributed by atoms with Gasteiger partial charge in [0.25, 0.3) is 11.8 Å². The standard InChI is InChI=1S/C16H15N2O2S.C15H14NO.C15H13O3.C15H15O.C13H10NO.5C7H10NO.5K/c19-15(17-13-7-3-1-4-8-13)11-21-12-16(20)18-14-9-5-2-6-10-14;1-2-12-8-10-13(11-9-12)15(17)16-14-6-4-3-5-7-14;1-17-15(16)13-7-5-6-12(10-13)11-18-14-8-3-2-4-9-14;1-13-7-9-14(10-8-13)11-12-16-15-5-3-2-4-6-15;15-13(11-7-3-1-4-8-11)14-12-9-5-2-6-10-12;5*1-7(2,3)6-4-5-8-9-6;;;;;/h1,3-10H,11-12H2,(H,17,19)(H,18,20);4-11H,2H2,1H3,(H,16,17);3-10H,11H2,1H3;3-10H,11-12H2,1H3;1,3-10H,(H,14,15);5*4H,1-3H3;;;;;/q10*-1;5*+1. The molecule has 692 valence electrons. The number of hydrogen-bond donors (Lipinski definition) is 4. The van der Waals surface area contributed by atoms with Crippen LogP contribution >= 0.6 is 11.8 Å². The summed E-state index contributed by atoms with van der Waals surface area (Å²) in [6.45, 7) is 36.4. The summed E-state index contributed by atoms with van der Waals surface area (Å²) in [4.78, 5) is 58.3. The molecule has 0 radical (unpaired) electrons. The van der Waals surface area contributed by atoms with Crippen LogP contribution in [-0.4, -0.2) is 80.6 Å². The van der Waals surface area contributed by atoms with Crippen molar-refractivity contribution in [2.24, 2.45) is 0 Å². The number of anilines is 4. The van der Waals surface area contributed by atoms with Crippen LogP contribution in [0.3, 0.4) is 0 Å². The fraction of sp³-hybridized carbons (Fsp3) is 0.266. The summed E-state index contributed by atoms with van der Waals surface area (Å²) in [6, 6.07) is 101. The van der Waals surface area contributed by atoms with Gasteiger partial charge in [0.15, 0.2) is 0 Å². The quantitative estimate of drug-likeness (QED) is 0.0333. The van der Waals surface area contributed by atoms with Gasteiger partial charge >= 0.3 is 263 Å². The normalized spacial score (nSPS) is 10.2. The Morgan fingerprint density at radius 1 is 0.343 bits per heavy atom. The number of esters is 1. The third-order valence-corrected chi connectivity index (χ3v) is 18.6. The number of ether oxygens (including phenoxy) is 3. The summed E-state index contributed by atoms with van der Waals surface area (Å²) < 4.78 is 40.3. The number of benzene rings is 10. The average molecular weight is 1990 g/mol. The van der Waals surface area contributed by atoms with Gasteiger partial charge in [0, 0.05) is 34.7 Å². The van der Waals surface area contributed by atoms with Gasteiger partial charge < -0.3 is 58.1 Å². The van der Waals surface area contributed by atoms with E-state index in [0.717, 1.165) is 81.5 Å². The van der Waals surface area contributed by atoms with Gasteiger partial charge in [-0.25, -0.2) is 30.6 Å². The van der Waals surface area contributed by atoms with Gasteiger partial charge in [0.1, 0.15) is 6.61 Å². The summed E-state index contributed by atoms with van der Waals surface area (Å²) in [5.41, 5.74) is 9.99. The van der Waals surface area contributed by atoms with E-state index in [1.807, 2.05) is 133 Å². The Labute approximate surface area is 1030 Å². The molecule has 4 N–H and O–H groups in total. The van der Waals surface area contributed by atoms with Crippen LogP contribution in [0.1, 0.15) is 193 Å². The van der Waals surface area contributed by atoms with E-state index in [4.69, 9.17) is 32.1 Å². The number of hydrogen-bond acceptors (Lipinski definition) is 19. The summed E-state index contributed by atoms with van der Waals surface area (Å²) >= 11 is 1.28. The first-order valence-corrected chi connectivity index (χ1v) is 43.7. The van der Waals surface area contributed by atoms with E-state index in [0.29, 0.717) is 29.9 Å². The van der Waals surface area contributed by atoms with E-state index >= 15 is 0 Å². The molecule has 28 heteroatoms. The zero-order chi connectivity index (χ0) is 96.1. The molecule has 137 heavy (non-hydrogen) atoms. The SMILES string of the molecule is CC(C)(C)c1c[c-]no1.CC(C)(C)c1c[c-]no1.CC(C)(C)c1c[c-]no1.CC(C)(C)c1c[c-]no1.CC(C)(C)c1c[c-]no1.CCc1ccc(C(=O)Nc2cc[c-]cc2)cc1.COC(=O)c1cccc(COc2cc[c-]cc2)c1.Cc1ccc(CCOc2cc[c-]cc2)cc1.O=C(CSCC(=O)Nc1ccccc1)Nc1cc[c-]cc1.O=C(Nc1cc[c-]cc1)c1ccccc1.[K+].[K+].[K+].[K+].[K+]. The Balaban J connectivity index is 0.000000769. The van der Waals surface area contributed by atoms with Crippen LogP contribution in [0.5, 0.6) is 11.5 Å². The fourth-order valence-electron chi connectivity index (χ4n) is 10.2. The molecule has 15 rings (SSSR count). The maximum atomic E-state index is 11.9. The molecule has 0 saturated heterocycles. The van der Waals surface area contributed by atoms with Crippen molar-refractivity contribution in [2.45, 2.75) is 164 Å². The predicted octanol–water partition coefficient (Wildman–Crippen LogP) is 8.99. The molecule has 0 saturated carbocycles. The van der Waals surface area contributed by atoms with Crippen LogP contribution in [0.25, 0.3) is 0 Å². The van der Waals surface area contributed by atoms with Crippen molar-refractivity contribution in [3.05, 3.63) is 414 Å². The van der Waals surface area contributed by atoms with Crippen LogP contribution in [-0.2, 0) is 60.8 Å². The van der Waals surface area contributed by atoms with Crippen molar-refractivity contribution in [3.8, 4) is 11.5 Å². The number of nitrogens with one attached hydrogen (secondary N) is 4. The Bertz CT molecular complexity index is 5290. The number of nitrogens with zero attached hydrogens (tertiary/aromatic N) is 5. The molecule has 4 amide bonds. The number of carbonyl (C=O) groups excluding carboxylic acids is 5. The second-order valence-corrected chi connectivity index (χ2v) is 35.0. The molecule has 0 aliphatic heterocycles. The molecule has 0 aliphatic carbocycles. The minimum Gasteiger partial charge on any atom is -0.519 e. The topological polar surface area (TPSA) is 291 Å². The summed E-state index contributed by atoms with van der Waals surface area (Å²) in [6.07, 6.45) is 15.0. The first kappa shape index (κ1) is 129. The second-order valence-electron chi connectivity index (χ2n) is 34.0. The number of methoxy groups -OCH3 is 1. The van der Waals surface area contributed by atoms with Gasteiger partial charge in [0.2, 0.25) is 11.8 Å². The molecule has 15 aromatic rings. The van der Waals surface area contributed by atoms with Gasteiger partial charge in [-0.05, 0) is 134 Å². The van der Waals surface area contributed by atoms with Crippen molar-refractivity contribution in [1.29, 1.82) is 0 Å². The first-order chi connectivity index (χ1) is 63.1. The third kappa shape index (κ3) is 56.4. The molecular formula is C109H117K5N9O13S-5. The van der Waals surface area contributed by atoms with Crippen molar-refractivity contribution in [2.75, 3.05) is 46.5 Å². The maximum absolute atomic E-state index is 11.9. The van der Waals surface area contributed by atoms with Gasteiger partial charge in [0.05, 0.1) is 30.8 Å². The van der Waals surface area contributed by atoms with Crippen LogP contribution in [0.4, 0.5) is 22.7 Å². The summed E-state index contributed by atoms with van der Waals surface area (Å²) in [7, 11) is 1.37. The largest absolute Gasteiger partial charge is 1.00 e. The molecule has 0 fully saturated rings. The minimum absolute atomic E-state index is 0. The summed E-state index contributed by atoms with van der Waals surface area (Å²) in [5.74, 6) is 5.78. The van der Waals surface area contributed by atoms with Crippen LogP contribution in [0.15, 0.2) is 308 Å². The second kappa shape index (κ2) is 71.2. The number of rotatable bonds is 19. The molecule has 0 atom stereocenters. The monoisotopic (exact) mass is 1990 g/mol. The van der Waals surface area contributed by atoms with Gasteiger partial charge in [-0.1, -0.05) is 218 Å². The predicted molar refractivity (Wildman–Crippen MR) is 518 cm³/mol. The van der Waals surface area contributed by atoms with Crippen LogP contribution in [0.2, 0.25) is 0 Å². The fourth-order valence-corrected chi connectivity index (χ4v) is 10.8. The molecule has 5 heterocycles. The molecule has 0 spiro atoms. The number of amides is 4. The molecule has 0 bridgehead atoms. The van der Waals surface area contributed by atoms with Crippen molar-refractivity contribution >= 4 is 64.1 Å². The Kier molecular flexibility index (Phi) is 66.9. The van der Waals surface area contributed by atoms with Gasteiger partial charge in [-0.2, -0.15) is 121 Å². The number of para-hydroxylation sites is 1.